The summed E-state index contributed by atoms with van der Waals surface area (Å²) in [5.41, 5.74) is 3.00. The predicted molar refractivity (Wildman–Crippen MR) is 128 cm³/mol. The summed E-state index contributed by atoms with van der Waals surface area (Å²) in [7, 11) is 2.17. The van der Waals surface area contributed by atoms with Crippen molar-refractivity contribution >= 4 is 28.4 Å². The van der Waals surface area contributed by atoms with Gasteiger partial charge in [-0.25, -0.2) is 4.98 Å². The molecule has 1 aliphatic heterocycles. The van der Waals surface area contributed by atoms with Gasteiger partial charge in [-0.15, -0.1) is 0 Å². The summed E-state index contributed by atoms with van der Waals surface area (Å²) in [5, 5.41) is 4.26. The number of pyridine rings is 1. The van der Waals surface area contributed by atoms with Crippen molar-refractivity contribution in [3.8, 4) is 0 Å². The van der Waals surface area contributed by atoms with Crippen molar-refractivity contribution in [1.29, 1.82) is 0 Å². The number of hydrogen-bond acceptors (Lipinski definition) is 6. The first-order chi connectivity index (χ1) is 15.6. The molecule has 3 heterocycles. The molecule has 32 heavy (non-hydrogen) atoms. The quantitative estimate of drug-likeness (QED) is 0.682. The highest BCUT2D eigenvalue weighted by Crippen LogP contribution is 2.50. The Bertz CT molecular complexity index is 1180. The Labute approximate surface area is 188 Å². The third kappa shape index (κ3) is 3.54. The highest BCUT2D eigenvalue weighted by molar-refractivity contribution is 5.76. The average molecular weight is 431 g/mol. The van der Waals surface area contributed by atoms with Crippen LogP contribution in [0.2, 0.25) is 0 Å². The highest BCUT2D eigenvalue weighted by Gasteiger charge is 2.41. The fourth-order valence-electron chi connectivity index (χ4n) is 5.90. The van der Waals surface area contributed by atoms with Gasteiger partial charge >= 0.3 is 0 Å². The van der Waals surface area contributed by atoms with Crippen molar-refractivity contribution in [2.75, 3.05) is 43.4 Å². The third-order valence-corrected chi connectivity index (χ3v) is 7.69. The van der Waals surface area contributed by atoms with Crippen LogP contribution in [0.25, 0.3) is 11.0 Å². The summed E-state index contributed by atoms with van der Waals surface area (Å²) >= 11 is 0. The Morgan fingerprint density at radius 3 is 2.50 bits per heavy atom. The molecule has 3 aliphatic rings. The molecular formula is C25H30N6O. The molecule has 2 saturated carbocycles. The van der Waals surface area contributed by atoms with Gasteiger partial charge in [0.2, 0.25) is 5.95 Å². The molecular weight excluding hydrogens is 400 g/mol. The second-order valence-electron chi connectivity index (χ2n) is 9.72. The first-order valence-corrected chi connectivity index (χ1v) is 11.8. The summed E-state index contributed by atoms with van der Waals surface area (Å²) in [4.78, 5) is 27.0. The zero-order valence-electron chi connectivity index (χ0n) is 18.6. The summed E-state index contributed by atoms with van der Waals surface area (Å²) in [5.74, 6) is 1.91. The molecule has 0 radical (unpaired) electrons. The minimum absolute atomic E-state index is 0.0521. The maximum Gasteiger partial charge on any atom is 0.252 e. The molecule has 2 aromatic heterocycles. The fourth-order valence-corrected chi connectivity index (χ4v) is 5.90. The second-order valence-corrected chi connectivity index (χ2v) is 9.72. The lowest BCUT2D eigenvalue weighted by atomic mass is 9.95. The van der Waals surface area contributed by atoms with Crippen molar-refractivity contribution in [2.45, 2.75) is 31.7 Å². The Kier molecular flexibility index (Phi) is 4.86. The smallest absolute Gasteiger partial charge is 0.252 e. The molecule has 6 rings (SSSR count). The van der Waals surface area contributed by atoms with Gasteiger partial charge < -0.3 is 15.1 Å². The van der Waals surface area contributed by atoms with Gasteiger partial charge in [0, 0.05) is 61.2 Å². The standard InChI is InChI=1S/C25H30N6O/c1-29-10-12-30(13-11-29)21-7-5-20(6-8-21)27-25-26-16-19-4-9-23(32)31(24(19)28-25)22-15-17-2-3-18(22)14-17/h4-9,16-18,22H,2-3,10-15H2,1H3,(H,26,27,28)/t17-,18-,22-/m0/s1. The SMILES string of the molecule is CN1CCN(c2ccc(Nc3ncc4ccc(=O)n([C@H]5C[C@H]6CC[C@H]5C6)c4n3)cc2)CC1. The summed E-state index contributed by atoms with van der Waals surface area (Å²) in [6, 6.07) is 12.2. The van der Waals surface area contributed by atoms with Crippen molar-refractivity contribution < 1.29 is 0 Å². The second kappa shape index (κ2) is 7.89. The van der Waals surface area contributed by atoms with E-state index in [2.05, 4.69) is 51.4 Å². The van der Waals surface area contributed by atoms with Gasteiger partial charge in [0.1, 0.15) is 5.65 Å². The van der Waals surface area contributed by atoms with Crippen LogP contribution in [0.15, 0.2) is 47.4 Å². The lowest BCUT2D eigenvalue weighted by Gasteiger charge is -2.34. The number of nitrogens with zero attached hydrogens (tertiary/aromatic N) is 5. The number of rotatable bonds is 4. The normalized spacial score (nSPS) is 25.5. The zero-order valence-corrected chi connectivity index (χ0v) is 18.6. The molecule has 1 aromatic carbocycles. The maximum absolute atomic E-state index is 12.8. The summed E-state index contributed by atoms with van der Waals surface area (Å²) < 4.78 is 1.95. The van der Waals surface area contributed by atoms with E-state index in [9.17, 15) is 4.79 Å². The van der Waals surface area contributed by atoms with Gasteiger partial charge in [-0.05, 0) is 68.5 Å². The first-order valence-electron chi connectivity index (χ1n) is 11.8. The van der Waals surface area contributed by atoms with Gasteiger partial charge in [0.25, 0.3) is 5.56 Å². The fraction of sp³-hybridized carbons (Fsp3) is 0.480. The average Bonchev–Trinajstić information content (AvgIpc) is 3.44. The van der Waals surface area contributed by atoms with Crippen molar-refractivity contribution in [3.05, 3.63) is 52.9 Å². The van der Waals surface area contributed by atoms with E-state index in [0.29, 0.717) is 11.9 Å². The van der Waals surface area contributed by atoms with Gasteiger partial charge in [0.15, 0.2) is 0 Å². The lowest BCUT2D eigenvalue weighted by molar-refractivity contribution is 0.313. The van der Waals surface area contributed by atoms with Gasteiger partial charge in [0.05, 0.1) is 0 Å². The minimum atomic E-state index is 0.0521. The molecule has 3 fully saturated rings. The van der Waals surface area contributed by atoms with Gasteiger partial charge in [-0.1, -0.05) is 6.42 Å². The lowest BCUT2D eigenvalue weighted by Crippen LogP contribution is -2.44. The molecule has 2 aliphatic carbocycles. The third-order valence-electron chi connectivity index (χ3n) is 7.69. The molecule has 3 atom stereocenters. The van der Waals surface area contributed by atoms with Gasteiger partial charge in [-0.3, -0.25) is 9.36 Å². The van der Waals surface area contributed by atoms with Crippen LogP contribution in [0, 0.1) is 11.8 Å². The van der Waals surface area contributed by atoms with E-state index in [1.54, 1.807) is 6.07 Å². The van der Waals surface area contributed by atoms with Crippen molar-refractivity contribution in [3.63, 3.8) is 0 Å². The van der Waals surface area contributed by atoms with Crippen LogP contribution in [-0.4, -0.2) is 52.7 Å². The van der Waals surface area contributed by atoms with Crippen LogP contribution in [0.5, 0.6) is 0 Å². The number of nitrogens with one attached hydrogen (secondary N) is 1. The highest BCUT2D eigenvalue weighted by atomic mass is 16.1. The van der Waals surface area contributed by atoms with Crippen LogP contribution >= 0.6 is 0 Å². The van der Waals surface area contributed by atoms with E-state index in [0.717, 1.165) is 55.2 Å². The molecule has 166 valence electrons. The molecule has 7 nitrogen and oxygen atoms in total. The Hall–Kier alpha value is -2.93. The van der Waals surface area contributed by atoms with E-state index in [1.165, 1.54) is 24.9 Å². The molecule has 0 amide bonds. The summed E-state index contributed by atoms with van der Waals surface area (Å²) in [6.45, 7) is 4.29. The molecule has 3 aromatic rings. The molecule has 7 heteroatoms. The molecule has 0 unspecified atom stereocenters. The topological polar surface area (TPSA) is 66.3 Å². The number of aromatic nitrogens is 3. The number of benzene rings is 1. The Morgan fingerprint density at radius 2 is 1.78 bits per heavy atom. The van der Waals surface area contributed by atoms with Crippen LogP contribution in [-0.2, 0) is 0 Å². The van der Waals surface area contributed by atoms with Crippen LogP contribution in [0.1, 0.15) is 31.7 Å². The molecule has 1 saturated heterocycles. The monoisotopic (exact) mass is 430 g/mol. The van der Waals surface area contributed by atoms with E-state index < -0.39 is 0 Å². The Balaban J connectivity index is 1.26. The number of fused-ring (bicyclic) bond motifs is 3. The minimum Gasteiger partial charge on any atom is -0.369 e. The van der Waals surface area contributed by atoms with Crippen molar-refractivity contribution in [2.24, 2.45) is 11.8 Å². The molecule has 1 N–H and O–H groups in total. The molecule has 0 spiro atoms. The van der Waals surface area contributed by atoms with Crippen LogP contribution < -0.4 is 15.8 Å². The predicted octanol–water partition coefficient (Wildman–Crippen LogP) is 3.65. The van der Waals surface area contributed by atoms with E-state index in [4.69, 9.17) is 4.98 Å². The summed E-state index contributed by atoms with van der Waals surface area (Å²) in [6.07, 6.45) is 6.72. The van der Waals surface area contributed by atoms with E-state index >= 15 is 0 Å². The first kappa shape index (κ1) is 19.7. The number of piperazine rings is 1. The number of anilines is 3. The number of hydrogen-bond donors (Lipinski definition) is 1. The largest absolute Gasteiger partial charge is 0.369 e. The van der Waals surface area contributed by atoms with Crippen LogP contribution in [0.4, 0.5) is 17.3 Å². The van der Waals surface area contributed by atoms with Crippen molar-refractivity contribution in [1.82, 2.24) is 19.4 Å². The Morgan fingerprint density at radius 1 is 0.969 bits per heavy atom. The zero-order chi connectivity index (χ0) is 21.7. The van der Waals surface area contributed by atoms with E-state index in [1.807, 2.05) is 16.8 Å². The van der Waals surface area contributed by atoms with Crippen LogP contribution in [0.3, 0.4) is 0 Å². The van der Waals surface area contributed by atoms with E-state index in [-0.39, 0.29) is 11.6 Å². The van der Waals surface area contributed by atoms with Gasteiger partial charge in [-0.2, -0.15) is 4.98 Å². The maximum atomic E-state index is 12.8. The number of likely N-dealkylation sites (N-methyl/N-ethyl adjacent to an activating group) is 1. The molecule has 2 bridgehead atoms.